The molecule has 0 unspecified atom stereocenters. The van der Waals surface area contributed by atoms with Gasteiger partial charge >= 0.3 is 0 Å². The number of nitrogens with zero attached hydrogens (tertiary/aromatic N) is 1. The zero-order valence-corrected chi connectivity index (χ0v) is 29.8. The zero-order chi connectivity index (χ0) is 36.3. The van der Waals surface area contributed by atoms with Crippen molar-refractivity contribution < 1.29 is 8.83 Å². The van der Waals surface area contributed by atoms with E-state index in [0.29, 0.717) is 0 Å². The number of fused-ring (bicyclic) bond motifs is 8. The maximum absolute atomic E-state index is 6.85. The molecule has 11 rings (SSSR count). The van der Waals surface area contributed by atoms with E-state index >= 15 is 0 Å². The van der Waals surface area contributed by atoms with Crippen LogP contribution in [-0.2, 0) is 0 Å². The summed E-state index contributed by atoms with van der Waals surface area (Å²) < 4.78 is 13.2. The molecule has 0 aliphatic rings. The number of hydrogen-bond acceptors (Lipinski definition) is 3. The van der Waals surface area contributed by atoms with Gasteiger partial charge in [0, 0.05) is 27.4 Å². The van der Waals surface area contributed by atoms with Crippen LogP contribution in [0.5, 0.6) is 0 Å². The molecular weight excluding hydrogens is 671 g/mol. The van der Waals surface area contributed by atoms with Crippen LogP contribution in [0.3, 0.4) is 0 Å². The molecule has 0 bridgehead atoms. The summed E-state index contributed by atoms with van der Waals surface area (Å²) in [6.07, 6.45) is 0. The van der Waals surface area contributed by atoms with Gasteiger partial charge in [-0.15, -0.1) is 0 Å². The molecule has 0 aliphatic heterocycles. The minimum atomic E-state index is 0.838. The van der Waals surface area contributed by atoms with E-state index in [1.807, 2.05) is 12.1 Å². The lowest BCUT2D eigenvalue weighted by Crippen LogP contribution is -2.12. The monoisotopic (exact) mass is 703 g/mol. The van der Waals surface area contributed by atoms with Crippen molar-refractivity contribution in [3.63, 3.8) is 0 Å². The molecule has 55 heavy (non-hydrogen) atoms. The van der Waals surface area contributed by atoms with Crippen LogP contribution in [0.15, 0.2) is 209 Å². The molecule has 0 N–H and O–H groups in total. The van der Waals surface area contributed by atoms with Gasteiger partial charge in [0.25, 0.3) is 0 Å². The highest BCUT2D eigenvalue weighted by molar-refractivity contribution is 6.26. The van der Waals surface area contributed by atoms with E-state index in [2.05, 4.69) is 193 Å². The molecule has 2 aromatic heterocycles. The highest BCUT2D eigenvalue weighted by Crippen LogP contribution is 2.49. The van der Waals surface area contributed by atoms with Crippen LogP contribution in [0.1, 0.15) is 0 Å². The van der Waals surface area contributed by atoms with Crippen LogP contribution >= 0.6 is 0 Å². The van der Waals surface area contributed by atoms with Crippen molar-refractivity contribution in [2.45, 2.75) is 0 Å². The highest BCUT2D eigenvalue weighted by Gasteiger charge is 2.25. The van der Waals surface area contributed by atoms with Crippen molar-refractivity contribution in [3.8, 4) is 33.4 Å². The first-order valence-electron chi connectivity index (χ1n) is 18.7. The van der Waals surface area contributed by atoms with E-state index in [-0.39, 0.29) is 0 Å². The Kier molecular flexibility index (Phi) is 7.17. The fourth-order valence-corrected chi connectivity index (χ4v) is 8.36. The second-order valence-electron chi connectivity index (χ2n) is 14.0. The zero-order valence-electron chi connectivity index (χ0n) is 29.8. The first-order chi connectivity index (χ1) is 27.3. The summed E-state index contributed by atoms with van der Waals surface area (Å²) >= 11 is 0. The van der Waals surface area contributed by atoms with Gasteiger partial charge in [-0.05, 0) is 93.2 Å². The van der Waals surface area contributed by atoms with Crippen LogP contribution in [0, 0.1) is 0 Å². The second-order valence-corrected chi connectivity index (χ2v) is 14.0. The van der Waals surface area contributed by atoms with Crippen LogP contribution in [0.4, 0.5) is 17.1 Å². The molecule has 0 fully saturated rings. The number of rotatable bonds is 6. The molecular formula is C52H33NO2. The van der Waals surface area contributed by atoms with Crippen LogP contribution in [0.25, 0.3) is 88.0 Å². The molecule has 2 heterocycles. The van der Waals surface area contributed by atoms with Gasteiger partial charge in [-0.2, -0.15) is 0 Å². The number of hydrogen-bond donors (Lipinski definition) is 0. The minimum Gasteiger partial charge on any atom is -0.456 e. The van der Waals surface area contributed by atoms with Gasteiger partial charge in [0.05, 0.1) is 16.8 Å². The Hall–Kier alpha value is -7.36. The van der Waals surface area contributed by atoms with Crippen LogP contribution in [-0.4, -0.2) is 0 Å². The van der Waals surface area contributed by atoms with E-state index in [1.54, 1.807) is 0 Å². The normalized spacial score (nSPS) is 11.6. The van der Waals surface area contributed by atoms with Gasteiger partial charge in [0.1, 0.15) is 22.3 Å². The maximum atomic E-state index is 6.85. The Labute approximate surface area is 317 Å². The molecule has 0 saturated carbocycles. The molecule has 0 radical (unpaired) electrons. The Balaban J connectivity index is 1.24. The molecule has 0 amide bonds. The van der Waals surface area contributed by atoms with E-state index < -0.39 is 0 Å². The molecule has 0 spiro atoms. The van der Waals surface area contributed by atoms with Crippen molar-refractivity contribution >= 4 is 71.7 Å². The smallest absolute Gasteiger partial charge is 0.137 e. The number of para-hydroxylation sites is 1. The standard InChI is InChI=1S/C52H33NO2/c1-4-15-34(16-5-1)37-27-29-45(43(31-37)36-19-8-3-9-20-36)53(38-28-30-48-44(32-38)40-22-12-13-25-47(40)54-48)46-24-14-26-49-52(46)51-41-23-11-10-21-39(41)42(33-50(51)55-49)35-17-6-2-7-18-35/h1-33H. The van der Waals surface area contributed by atoms with Gasteiger partial charge in [-0.25, -0.2) is 0 Å². The van der Waals surface area contributed by atoms with E-state index in [9.17, 15) is 0 Å². The third-order valence-electron chi connectivity index (χ3n) is 10.9. The first-order valence-corrected chi connectivity index (χ1v) is 18.7. The van der Waals surface area contributed by atoms with E-state index in [1.165, 1.54) is 10.9 Å². The SMILES string of the molecule is c1ccc(-c2ccc(N(c3ccc4oc5ccccc5c4c3)c3cccc4oc5cc(-c6ccccc6)c6ccccc6c5c34)c(-c3ccccc3)c2)cc1. The Morgan fingerprint density at radius 1 is 0.291 bits per heavy atom. The predicted octanol–water partition coefficient (Wildman–Crippen LogP) is 15.1. The predicted molar refractivity (Wildman–Crippen MR) is 229 cm³/mol. The lowest BCUT2D eigenvalue weighted by Gasteiger charge is -2.29. The van der Waals surface area contributed by atoms with Crippen molar-refractivity contribution in [1.82, 2.24) is 0 Å². The summed E-state index contributed by atoms with van der Waals surface area (Å²) in [7, 11) is 0. The van der Waals surface area contributed by atoms with Gasteiger partial charge in [0.15, 0.2) is 0 Å². The molecule has 11 aromatic rings. The summed E-state index contributed by atoms with van der Waals surface area (Å²) in [6, 6.07) is 70.9. The van der Waals surface area contributed by atoms with Crippen molar-refractivity contribution in [1.29, 1.82) is 0 Å². The van der Waals surface area contributed by atoms with Gasteiger partial charge in [-0.1, -0.05) is 146 Å². The second kappa shape index (κ2) is 12.6. The molecule has 0 aliphatic carbocycles. The Bertz CT molecular complexity index is 3200. The Morgan fingerprint density at radius 3 is 1.65 bits per heavy atom. The van der Waals surface area contributed by atoms with Crippen molar-refractivity contribution in [2.75, 3.05) is 4.90 Å². The van der Waals surface area contributed by atoms with Crippen LogP contribution in [0.2, 0.25) is 0 Å². The lowest BCUT2D eigenvalue weighted by atomic mass is 9.94. The van der Waals surface area contributed by atoms with Gasteiger partial charge in [0.2, 0.25) is 0 Å². The summed E-state index contributed by atoms with van der Waals surface area (Å²) in [6.45, 7) is 0. The van der Waals surface area contributed by atoms with Crippen molar-refractivity contribution in [2.24, 2.45) is 0 Å². The third kappa shape index (κ3) is 5.13. The fraction of sp³-hybridized carbons (Fsp3) is 0. The number of anilines is 3. The topological polar surface area (TPSA) is 29.5 Å². The number of furan rings is 2. The average Bonchev–Trinajstić information content (AvgIpc) is 3.83. The summed E-state index contributed by atoms with van der Waals surface area (Å²) in [4.78, 5) is 2.41. The molecule has 0 atom stereocenters. The summed E-state index contributed by atoms with van der Waals surface area (Å²) in [5.74, 6) is 0. The molecule has 9 aromatic carbocycles. The maximum Gasteiger partial charge on any atom is 0.137 e. The van der Waals surface area contributed by atoms with Gasteiger partial charge in [-0.3, -0.25) is 0 Å². The molecule has 3 heteroatoms. The highest BCUT2D eigenvalue weighted by atomic mass is 16.3. The quantitative estimate of drug-likeness (QED) is 0.173. The van der Waals surface area contributed by atoms with E-state index in [0.717, 1.165) is 94.1 Å². The van der Waals surface area contributed by atoms with Gasteiger partial charge < -0.3 is 13.7 Å². The fourth-order valence-electron chi connectivity index (χ4n) is 8.36. The average molecular weight is 704 g/mol. The number of benzene rings is 9. The molecule has 258 valence electrons. The molecule has 3 nitrogen and oxygen atoms in total. The molecule has 0 saturated heterocycles. The van der Waals surface area contributed by atoms with E-state index in [4.69, 9.17) is 8.83 Å². The van der Waals surface area contributed by atoms with Crippen molar-refractivity contribution in [3.05, 3.63) is 200 Å². The first kappa shape index (κ1) is 31.2. The van der Waals surface area contributed by atoms with Crippen LogP contribution < -0.4 is 4.90 Å². The largest absolute Gasteiger partial charge is 0.456 e. The summed E-state index contributed by atoms with van der Waals surface area (Å²) in [5, 5.41) is 6.67. The third-order valence-corrected chi connectivity index (χ3v) is 10.9. The minimum absolute atomic E-state index is 0.838. The summed E-state index contributed by atoms with van der Waals surface area (Å²) in [5.41, 5.74) is 13.5. The lowest BCUT2D eigenvalue weighted by molar-refractivity contribution is 0.668. The Morgan fingerprint density at radius 2 is 0.891 bits per heavy atom.